The lowest BCUT2D eigenvalue weighted by Gasteiger charge is -2.35. The molecule has 0 aliphatic heterocycles. The van der Waals surface area contributed by atoms with Gasteiger partial charge in [-0.05, 0) is 48.7 Å². The average Bonchev–Trinajstić information content (AvgIpc) is 3.67. The molecule has 0 spiro atoms. The Morgan fingerprint density at radius 3 is 2.56 bits per heavy atom. The summed E-state index contributed by atoms with van der Waals surface area (Å²) in [5.41, 5.74) is 5.41. The minimum absolute atomic E-state index is 0.178. The number of rotatable bonds is 7. The number of benzene rings is 2. The Balaban J connectivity index is 1.22. The molecule has 0 N–H and O–H groups in total. The molecule has 6 aromatic rings. The first-order valence-electron chi connectivity index (χ1n) is 12.8. The third-order valence-corrected chi connectivity index (χ3v) is 7.16. The number of imidazole rings is 1. The summed E-state index contributed by atoms with van der Waals surface area (Å²) in [6, 6.07) is 18.7. The molecule has 1 aliphatic carbocycles. The highest BCUT2D eigenvalue weighted by atomic mass is 19.1. The number of furan rings is 1. The number of nitrogens with zero attached hydrogens (tertiary/aromatic N) is 6. The zero-order valence-corrected chi connectivity index (χ0v) is 21.2. The van der Waals surface area contributed by atoms with Crippen LogP contribution in [0.2, 0.25) is 0 Å². The molecule has 8 nitrogen and oxygen atoms in total. The van der Waals surface area contributed by atoms with E-state index < -0.39 is 0 Å². The topological polar surface area (TPSA) is 83.8 Å². The van der Waals surface area contributed by atoms with E-state index in [4.69, 9.17) is 14.3 Å². The molecular formula is C30H25FN6O2. The van der Waals surface area contributed by atoms with Gasteiger partial charge in [0, 0.05) is 30.6 Å². The van der Waals surface area contributed by atoms with Gasteiger partial charge in [-0.3, -0.25) is 4.68 Å². The lowest BCUT2D eigenvalue weighted by molar-refractivity contribution is -0.0383. The van der Waals surface area contributed by atoms with E-state index in [0.29, 0.717) is 29.5 Å². The van der Waals surface area contributed by atoms with Gasteiger partial charge in [0.1, 0.15) is 23.5 Å². The first-order valence-corrected chi connectivity index (χ1v) is 12.8. The molecule has 0 amide bonds. The van der Waals surface area contributed by atoms with Gasteiger partial charge in [-0.1, -0.05) is 30.3 Å². The number of aryl methyl sites for hydroxylation is 1. The Bertz CT molecular complexity index is 1750. The van der Waals surface area contributed by atoms with Crippen molar-refractivity contribution in [3.05, 3.63) is 97.1 Å². The third kappa shape index (κ3) is 4.51. The minimum atomic E-state index is -0.295. The van der Waals surface area contributed by atoms with Crippen molar-refractivity contribution in [2.75, 3.05) is 0 Å². The van der Waals surface area contributed by atoms with E-state index in [-0.39, 0.29) is 18.0 Å². The van der Waals surface area contributed by atoms with Gasteiger partial charge in [0.15, 0.2) is 5.76 Å². The van der Waals surface area contributed by atoms with Gasteiger partial charge in [-0.15, -0.1) is 0 Å². The quantitative estimate of drug-likeness (QED) is 0.249. The van der Waals surface area contributed by atoms with Crippen molar-refractivity contribution in [2.45, 2.75) is 31.6 Å². The van der Waals surface area contributed by atoms with Gasteiger partial charge >= 0.3 is 0 Å². The second kappa shape index (κ2) is 9.59. The summed E-state index contributed by atoms with van der Waals surface area (Å²) in [6.07, 6.45) is 9.04. The van der Waals surface area contributed by atoms with E-state index in [2.05, 4.69) is 27.1 Å². The number of fused-ring (bicyclic) bond motifs is 1. The zero-order chi connectivity index (χ0) is 26.3. The molecule has 1 saturated carbocycles. The molecule has 39 heavy (non-hydrogen) atoms. The smallest absolute Gasteiger partial charge is 0.230 e. The summed E-state index contributed by atoms with van der Waals surface area (Å²) in [5.74, 6) is 0.317. The Morgan fingerprint density at radius 2 is 1.79 bits per heavy atom. The van der Waals surface area contributed by atoms with Gasteiger partial charge in [0.05, 0.1) is 36.2 Å². The molecule has 0 unspecified atom stereocenters. The molecule has 9 heteroatoms. The maximum atomic E-state index is 13.8. The van der Waals surface area contributed by atoms with Crippen LogP contribution in [0, 0.1) is 5.82 Å². The third-order valence-electron chi connectivity index (χ3n) is 7.16. The van der Waals surface area contributed by atoms with Crippen LogP contribution in [0.15, 0.2) is 90.1 Å². The first kappa shape index (κ1) is 23.5. The minimum Gasteiger partial charge on any atom is -0.436 e. The summed E-state index contributed by atoms with van der Waals surface area (Å²) in [4.78, 5) is 13.4. The molecule has 0 radical (unpaired) electrons. The fourth-order valence-corrected chi connectivity index (χ4v) is 4.99. The molecule has 7 rings (SSSR count). The van der Waals surface area contributed by atoms with Crippen LogP contribution in [-0.4, -0.2) is 35.4 Å². The summed E-state index contributed by atoms with van der Waals surface area (Å²) in [5, 5.41) is 5.73. The van der Waals surface area contributed by atoms with Crippen LogP contribution in [0.25, 0.3) is 45.1 Å². The number of halogens is 1. The molecule has 4 aromatic heterocycles. The lowest BCUT2D eigenvalue weighted by atomic mass is 9.89. The van der Waals surface area contributed by atoms with Crippen molar-refractivity contribution in [1.29, 1.82) is 0 Å². The molecular weight excluding hydrogens is 495 g/mol. The fourth-order valence-electron chi connectivity index (χ4n) is 4.99. The highest BCUT2D eigenvalue weighted by molar-refractivity contribution is 5.95. The van der Waals surface area contributed by atoms with Crippen molar-refractivity contribution >= 4 is 11.1 Å². The average molecular weight is 521 g/mol. The lowest BCUT2D eigenvalue weighted by Crippen LogP contribution is -2.33. The van der Waals surface area contributed by atoms with Gasteiger partial charge in [-0.25, -0.2) is 19.3 Å². The van der Waals surface area contributed by atoms with E-state index in [9.17, 15) is 4.39 Å². The van der Waals surface area contributed by atoms with Gasteiger partial charge in [0.2, 0.25) is 5.71 Å². The van der Waals surface area contributed by atoms with E-state index in [0.717, 1.165) is 35.0 Å². The second-order valence-corrected chi connectivity index (χ2v) is 9.90. The number of aromatic nitrogens is 6. The van der Waals surface area contributed by atoms with Crippen LogP contribution < -0.4 is 0 Å². The van der Waals surface area contributed by atoms with E-state index in [1.165, 1.54) is 24.0 Å². The Morgan fingerprint density at radius 1 is 0.974 bits per heavy atom. The second-order valence-electron chi connectivity index (χ2n) is 9.90. The Kier molecular flexibility index (Phi) is 5.78. The predicted molar refractivity (Wildman–Crippen MR) is 144 cm³/mol. The standard InChI is InChI=1S/C30H25FN6O2/c1-36-15-26(34-18-36)27-13-24-29(32-17-33-30(24)39-27)25-14-37(35-28(25)20-7-9-21(31)10-8-20)22-11-23(12-22)38-16-19-5-3-2-4-6-19/h2-10,13-15,17-18,22-23H,11-12,16H2,1H3/t22-,23+. The molecule has 194 valence electrons. The van der Waals surface area contributed by atoms with Crippen molar-refractivity contribution in [2.24, 2.45) is 7.05 Å². The van der Waals surface area contributed by atoms with E-state index >= 15 is 0 Å². The van der Waals surface area contributed by atoms with Crippen LogP contribution >= 0.6 is 0 Å². The summed E-state index contributed by atoms with van der Waals surface area (Å²) >= 11 is 0. The summed E-state index contributed by atoms with van der Waals surface area (Å²) in [6.45, 7) is 0.599. The Labute approximate surface area is 223 Å². The molecule has 1 aliphatic rings. The van der Waals surface area contributed by atoms with Gasteiger partial charge in [0.25, 0.3) is 0 Å². The van der Waals surface area contributed by atoms with Crippen LogP contribution in [-0.2, 0) is 18.4 Å². The van der Waals surface area contributed by atoms with Gasteiger partial charge in [-0.2, -0.15) is 5.10 Å². The van der Waals surface area contributed by atoms with Crippen LogP contribution in [0.3, 0.4) is 0 Å². The first-order chi connectivity index (χ1) is 19.1. The predicted octanol–water partition coefficient (Wildman–Crippen LogP) is 6.21. The molecule has 0 atom stereocenters. The molecule has 4 heterocycles. The number of hydrogen-bond donors (Lipinski definition) is 0. The van der Waals surface area contributed by atoms with Crippen LogP contribution in [0.1, 0.15) is 24.4 Å². The van der Waals surface area contributed by atoms with Crippen molar-refractivity contribution < 1.29 is 13.5 Å². The normalized spacial score (nSPS) is 17.0. The van der Waals surface area contributed by atoms with Crippen molar-refractivity contribution in [3.63, 3.8) is 0 Å². The summed E-state index contributed by atoms with van der Waals surface area (Å²) < 4.78 is 29.8. The van der Waals surface area contributed by atoms with E-state index in [1.807, 2.05) is 53.0 Å². The molecule has 0 bridgehead atoms. The largest absolute Gasteiger partial charge is 0.436 e. The maximum absolute atomic E-state index is 13.8. The highest BCUT2D eigenvalue weighted by Gasteiger charge is 2.33. The van der Waals surface area contributed by atoms with E-state index in [1.54, 1.807) is 18.5 Å². The molecule has 1 fully saturated rings. The molecule has 0 saturated heterocycles. The maximum Gasteiger partial charge on any atom is 0.230 e. The monoisotopic (exact) mass is 520 g/mol. The van der Waals surface area contributed by atoms with Crippen molar-refractivity contribution in [1.82, 2.24) is 29.3 Å². The fraction of sp³-hybridized carbons (Fsp3) is 0.200. The number of hydrogen-bond acceptors (Lipinski definition) is 6. The molecule has 2 aromatic carbocycles. The highest BCUT2D eigenvalue weighted by Crippen LogP contribution is 2.40. The van der Waals surface area contributed by atoms with Crippen molar-refractivity contribution in [3.8, 4) is 34.0 Å². The van der Waals surface area contributed by atoms with Crippen LogP contribution in [0.4, 0.5) is 4.39 Å². The number of ether oxygens (including phenoxy) is 1. The van der Waals surface area contributed by atoms with Gasteiger partial charge < -0.3 is 13.7 Å². The zero-order valence-electron chi connectivity index (χ0n) is 21.2. The van der Waals surface area contributed by atoms with Crippen LogP contribution in [0.5, 0.6) is 0 Å². The SMILES string of the molecule is Cn1cnc(-c2cc3c(-c4cn([C@H]5C[C@@H](OCc6ccccc6)C5)nc4-c4ccc(F)cc4)ncnc3o2)c1. The summed E-state index contributed by atoms with van der Waals surface area (Å²) in [7, 11) is 1.91. The Hall–Kier alpha value is -4.63.